The van der Waals surface area contributed by atoms with Crippen LogP contribution in [-0.4, -0.2) is 55.1 Å². The first-order valence-corrected chi connectivity index (χ1v) is 13.3. The van der Waals surface area contributed by atoms with Gasteiger partial charge < -0.3 is 15.4 Å². The summed E-state index contributed by atoms with van der Waals surface area (Å²) in [5.74, 6) is -5.20. The molecule has 1 aliphatic rings. The fourth-order valence-corrected chi connectivity index (χ4v) is 5.64. The van der Waals surface area contributed by atoms with E-state index in [9.17, 15) is 22.4 Å². The number of hydrogen-bond donors (Lipinski definition) is 4. The van der Waals surface area contributed by atoms with E-state index in [1.54, 1.807) is 0 Å². The van der Waals surface area contributed by atoms with Crippen molar-refractivity contribution < 1.29 is 35.9 Å². The lowest BCUT2D eigenvalue weighted by molar-refractivity contribution is -0.120. The second-order valence-electron chi connectivity index (χ2n) is 8.58. The first-order chi connectivity index (χ1) is 19.0. The predicted octanol–water partition coefficient (Wildman–Crippen LogP) is 3.12. The van der Waals surface area contributed by atoms with Crippen molar-refractivity contribution in [3.05, 3.63) is 64.7 Å². The van der Waals surface area contributed by atoms with Crippen molar-refractivity contribution >= 4 is 50.0 Å². The molecule has 3 heterocycles. The molecule has 40 heavy (non-hydrogen) atoms. The number of anilines is 1. The van der Waals surface area contributed by atoms with Crippen LogP contribution in [0.25, 0.3) is 22.0 Å². The maximum atomic E-state index is 15.6. The Labute approximate surface area is 229 Å². The molecule has 208 valence electrons. The first-order valence-electron chi connectivity index (χ1n) is 11.5. The Morgan fingerprint density at radius 3 is 2.65 bits per heavy atom. The minimum Gasteiger partial charge on any atom is -0.480 e. The maximum Gasteiger partial charge on any atom is 0.273 e. The minimum atomic E-state index is -4.55. The third-order valence-corrected chi connectivity index (χ3v) is 7.69. The monoisotopic (exact) mass is 594 g/mol. The van der Waals surface area contributed by atoms with E-state index in [4.69, 9.17) is 16.3 Å². The zero-order valence-corrected chi connectivity index (χ0v) is 21.9. The number of rotatable bonds is 7. The number of H-pyrrole nitrogens is 1. The smallest absolute Gasteiger partial charge is 0.273 e. The van der Waals surface area contributed by atoms with Gasteiger partial charge >= 0.3 is 0 Å². The molecule has 11 nitrogen and oxygen atoms in total. The highest BCUT2D eigenvalue weighted by Crippen LogP contribution is 2.36. The number of ether oxygens (including phenoxy) is 1. The normalized spacial score (nSPS) is 15.2. The number of pyridine rings is 1. The lowest BCUT2D eigenvalue weighted by Gasteiger charge is -2.14. The number of aromatic amines is 1. The van der Waals surface area contributed by atoms with Crippen LogP contribution in [0.15, 0.2) is 41.4 Å². The molecule has 0 saturated carbocycles. The molecule has 0 bridgehead atoms. The standard InChI is InChI=1S/C24H18ClF3N6O5S/c1-39-24-16(8-10(25)9-30-24)40(37,38)34-14-5-4-13(26)17(19(14)28)11-2-3-12-20(18(11)27)32-33-21(12)23(36)31-15-6-7-29-22(15)35/h2-5,8-9,15,34H,6-7H2,1H3,(H,29,35)(H,31,36)(H,32,33). The molecule has 5 rings (SSSR count). The molecule has 4 aromatic rings. The summed E-state index contributed by atoms with van der Waals surface area (Å²) < 4.78 is 78.8. The molecule has 0 radical (unpaired) electrons. The van der Waals surface area contributed by atoms with Crippen molar-refractivity contribution in [2.45, 2.75) is 17.4 Å². The third kappa shape index (κ3) is 4.77. The second kappa shape index (κ2) is 10.3. The first kappa shape index (κ1) is 27.2. The number of fused-ring (bicyclic) bond motifs is 1. The molecule has 2 amide bonds. The van der Waals surface area contributed by atoms with Crippen molar-refractivity contribution in [2.75, 3.05) is 18.4 Å². The number of aromatic nitrogens is 3. The van der Waals surface area contributed by atoms with Gasteiger partial charge in [0.2, 0.25) is 11.8 Å². The van der Waals surface area contributed by atoms with E-state index < -0.39 is 61.1 Å². The molecule has 4 N–H and O–H groups in total. The fraction of sp³-hybridized carbons (Fsp3) is 0.167. The number of carbonyl (C=O) groups excluding carboxylic acids is 2. The van der Waals surface area contributed by atoms with Gasteiger partial charge in [0.25, 0.3) is 15.9 Å². The zero-order valence-electron chi connectivity index (χ0n) is 20.3. The van der Waals surface area contributed by atoms with Crippen LogP contribution in [0.2, 0.25) is 5.02 Å². The van der Waals surface area contributed by atoms with Crippen molar-refractivity contribution in [2.24, 2.45) is 0 Å². The summed E-state index contributed by atoms with van der Waals surface area (Å²) in [6, 6.07) is 4.07. The van der Waals surface area contributed by atoms with Crippen molar-refractivity contribution in [1.29, 1.82) is 0 Å². The Hall–Kier alpha value is -4.37. The van der Waals surface area contributed by atoms with Gasteiger partial charge in [0.1, 0.15) is 17.4 Å². The molecule has 1 atom stereocenters. The van der Waals surface area contributed by atoms with Crippen LogP contribution in [0, 0.1) is 17.5 Å². The number of nitrogens with zero attached hydrogens (tertiary/aromatic N) is 2. The molecule has 0 aliphatic carbocycles. The number of nitrogens with one attached hydrogen (secondary N) is 4. The summed E-state index contributed by atoms with van der Waals surface area (Å²) in [7, 11) is -3.38. The largest absolute Gasteiger partial charge is 0.480 e. The molecule has 1 aliphatic heterocycles. The highest BCUT2D eigenvalue weighted by molar-refractivity contribution is 7.92. The van der Waals surface area contributed by atoms with E-state index in [1.807, 2.05) is 4.72 Å². The molecule has 2 aromatic heterocycles. The quantitative estimate of drug-likeness (QED) is 0.256. The van der Waals surface area contributed by atoms with Crippen LogP contribution in [-0.2, 0) is 14.8 Å². The number of sulfonamides is 1. The Morgan fingerprint density at radius 1 is 1.18 bits per heavy atom. The second-order valence-corrected chi connectivity index (χ2v) is 10.7. The number of carbonyl (C=O) groups is 2. The lowest BCUT2D eigenvalue weighted by Crippen LogP contribution is -2.40. The predicted molar refractivity (Wildman–Crippen MR) is 137 cm³/mol. The molecule has 1 saturated heterocycles. The maximum absolute atomic E-state index is 15.6. The number of methoxy groups -OCH3 is 1. The van der Waals surface area contributed by atoms with Crippen LogP contribution in [0.3, 0.4) is 0 Å². The number of hydrogen-bond acceptors (Lipinski definition) is 7. The van der Waals surface area contributed by atoms with Crippen LogP contribution >= 0.6 is 11.6 Å². The summed E-state index contributed by atoms with van der Waals surface area (Å²) in [5.41, 5.74) is -2.71. The lowest BCUT2D eigenvalue weighted by atomic mass is 10.0. The van der Waals surface area contributed by atoms with E-state index in [0.29, 0.717) is 13.0 Å². The molecule has 2 aromatic carbocycles. The van der Waals surface area contributed by atoms with Crippen molar-refractivity contribution in [1.82, 2.24) is 25.8 Å². The van der Waals surface area contributed by atoms with Gasteiger partial charge in [-0.2, -0.15) is 5.10 Å². The summed E-state index contributed by atoms with van der Waals surface area (Å²) in [6.07, 6.45) is 1.51. The van der Waals surface area contributed by atoms with Crippen LogP contribution in [0.1, 0.15) is 16.9 Å². The van der Waals surface area contributed by atoms with E-state index >= 15 is 8.78 Å². The Bertz CT molecular complexity index is 1800. The number of benzene rings is 2. The number of halogens is 4. The van der Waals surface area contributed by atoms with Gasteiger partial charge in [0.05, 0.1) is 23.4 Å². The Kier molecular flexibility index (Phi) is 7.01. The van der Waals surface area contributed by atoms with Crippen molar-refractivity contribution in [3.8, 4) is 17.0 Å². The number of amides is 2. The SMILES string of the molecule is COc1ncc(Cl)cc1S(=O)(=O)Nc1ccc(F)c(-c2ccc3c(C(=O)NC4CCNC4=O)n[nH]c3c2F)c1F. The summed E-state index contributed by atoms with van der Waals surface area (Å²) in [6.45, 7) is 0.388. The summed E-state index contributed by atoms with van der Waals surface area (Å²) in [4.78, 5) is 27.7. The van der Waals surface area contributed by atoms with Gasteiger partial charge in [0, 0.05) is 23.7 Å². The third-order valence-electron chi connectivity index (χ3n) is 6.12. The molecule has 1 fully saturated rings. The topological polar surface area (TPSA) is 155 Å². The van der Waals surface area contributed by atoms with Gasteiger partial charge in [-0.1, -0.05) is 17.7 Å². The van der Waals surface area contributed by atoms with Gasteiger partial charge in [-0.15, -0.1) is 0 Å². The van der Waals surface area contributed by atoms with E-state index in [-0.39, 0.29) is 33.4 Å². The van der Waals surface area contributed by atoms with Crippen molar-refractivity contribution in [3.63, 3.8) is 0 Å². The molecular weight excluding hydrogens is 577 g/mol. The molecule has 1 unspecified atom stereocenters. The zero-order chi connectivity index (χ0) is 28.8. The minimum absolute atomic E-state index is 0.00428. The highest BCUT2D eigenvalue weighted by Gasteiger charge is 2.29. The van der Waals surface area contributed by atoms with E-state index in [1.165, 1.54) is 13.2 Å². The Morgan fingerprint density at radius 2 is 1.95 bits per heavy atom. The molecule has 0 spiro atoms. The van der Waals surface area contributed by atoms with Crippen LogP contribution in [0.4, 0.5) is 18.9 Å². The van der Waals surface area contributed by atoms with E-state index in [2.05, 4.69) is 25.8 Å². The molecule has 16 heteroatoms. The van der Waals surface area contributed by atoms with Gasteiger partial charge in [0.15, 0.2) is 22.2 Å². The van der Waals surface area contributed by atoms with Crippen LogP contribution in [0.5, 0.6) is 5.88 Å². The average molecular weight is 595 g/mol. The summed E-state index contributed by atoms with van der Waals surface area (Å²) >= 11 is 5.85. The van der Waals surface area contributed by atoms with Gasteiger partial charge in [-0.05, 0) is 30.7 Å². The van der Waals surface area contributed by atoms with E-state index in [0.717, 1.165) is 30.5 Å². The molecular formula is C24H18ClF3N6O5S. The van der Waals surface area contributed by atoms with Crippen LogP contribution < -0.4 is 20.1 Å². The van der Waals surface area contributed by atoms with Gasteiger partial charge in [-0.25, -0.2) is 26.6 Å². The fourth-order valence-electron chi connectivity index (χ4n) is 4.21. The summed E-state index contributed by atoms with van der Waals surface area (Å²) in [5, 5.41) is 11.2. The Balaban J connectivity index is 1.52. The highest BCUT2D eigenvalue weighted by atomic mass is 35.5. The average Bonchev–Trinajstić information content (AvgIpc) is 3.53. The van der Waals surface area contributed by atoms with Gasteiger partial charge in [-0.3, -0.25) is 19.4 Å².